The molecule has 0 aromatic carbocycles. The molecule has 7 heteroatoms. The fourth-order valence-corrected chi connectivity index (χ4v) is 1.86. The van der Waals surface area contributed by atoms with Gasteiger partial charge in [-0.25, -0.2) is 0 Å². The highest BCUT2D eigenvalue weighted by Gasteiger charge is 2.20. The van der Waals surface area contributed by atoms with E-state index in [2.05, 4.69) is 15.5 Å². The van der Waals surface area contributed by atoms with E-state index < -0.39 is 0 Å². The van der Waals surface area contributed by atoms with E-state index in [0.29, 0.717) is 6.54 Å². The minimum absolute atomic E-state index is 0.140. The second-order valence-corrected chi connectivity index (χ2v) is 4.43. The van der Waals surface area contributed by atoms with Crippen molar-refractivity contribution in [3.8, 4) is 5.75 Å². The van der Waals surface area contributed by atoms with Gasteiger partial charge in [0.25, 0.3) is 5.91 Å². The standard InChI is InChI=1S/C13H17N3O4/c1-3-8-4-9(20-16-8)6-15-13(18)10-5-11(17)12(19-2)7-14-10/h5,7,9H,3-4,6H2,1-2H3,(H,14,17)(H,15,18)/t9-/m0/s1. The second-order valence-electron chi connectivity index (χ2n) is 4.43. The van der Waals surface area contributed by atoms with E-state index in [0.717, 1.165) is 18.6 Å². The second kappa shape index (κ2) is 6.23. The van der Waals surface area contributed by atoms with Gasteiger partial charge in [-0.15, -0.1) is 0 Å². The highest BCUT2D eigenvalue weighted by molar-refractivity contribution is 5.92. The van der Waals surface area contributed by atoms with Gasteiger partial charge in [0, 0.05) is 18.7 Å². The van der Waals surface area contributed by atoms with E-state index >= 15 is 0 Å². The molecule has 0 radical (unpaired) electrons. The monoisotopic (exact) mass is 279 g/mol. The lowest BCUT2D eigenvalue weighted by molar-refractivity contribution is 0.0751. The molecule has 1 atom stereocenters. The van der Waals surface area contributed by atoms with Crippen molar-refractivity contribution in [2.45, 2.75) is 25.9 Å². The van der Waals surface area contributed by atoms with Gasteiger partial charge in [0.15, 0.2) is 5.75 Å². The van der Waals surface area contributed by atoms with Crippen molar-refractivity contribution < 1.29 is 14.4 Å². The smallest absolute Gasteiger partial charge is 0.267 e. The van der Waals surface area contributed by atoms with E-state index in [1.165, 1.54) is 19.4 Å². The molecule has 1 aromatic rings. The Bertz CT molecular complexity index is 579. The summed E-state index contributed by atoms with van der Waals surface area (Å²) < 4.78 is 4.83. The van der Waals surface area contributed by atoms with Crippen LogP contribution in [0.1, 0.15) is 30.3 Å². The van der Waals surface area contributed by atoms with E-state index in [9.17, 15) is 9.59 Å². The zero-order valence-electron chi connectivity index (χ0n) is 11.4. The van der Waals surface area contributed by atoms with Crippen molar-refractivity contribution in [3.63, 3.8) is 0 Å². The zero-order valence-corrected chi connectivity index (χ0v) is 11.4. The molecule has 2 heterocycles. The van der Waals surface area contributed by atoms with Crippen LogP contribution >= 0.6 is 0 Å². The summed E-state index contributed by atoms with van der Waals surface area (Å²) in [4.78, 5) is 31.3. The van der Waals surface area contributed by atoms with Crippen LogP contribution in [-0.2, 0) is 4.84 Å². The Morgan fingerprint density at radius 3 is 3.05 bits per heavy atom. The lowest BCUT2D eigenvalue weighted by Gasteiger charge is -2.10. The number of aromatic nitrogens is 1. The van der Waals surface area contributed by atoms with Gasteiger partial charge in [-0.2, -0.15) is 0 Å². The quantitative estimate of drug-likeness (QED) is 0.828. The molecule has 0 bridgehead atoms. The number of carbonyl (C=O) groups excluding carboxylic acids is 1. The van der Waals surface area contributed by atoms with Crippen LogP contribution in [0.2, 0.25) is 0 Å². The van der Waals surface area contributed by atoms with Gasteiger partial charge < -0.3 is 19.9 Å². The maximum atomic E-state index is 11.9. The molecule has 7 nitrogen and oxygen atoms in total. The third-order valence-electron chi connectivity index (χ3n) is 3.03. The molecule has 0 fully saturated rings. The third-order valence-corrected chi connectivity index (χ3v) is 3.03. The highest BCUT2D eigenvalue weighted by Crippen LogP contribution is 2.11. The van der Waals surface area contributed by atoms with Crippen molar-refractivity contribution in [3.05, 3.63) is 28.2 Å². The molecule has 2 rings (SSSR count). The molecule has 1 aliphatic rings. The minimum atomic E-state index is -0.363. The van der Waals surface area contributed by atoms with Crippen molar-refractivity contribution in [2.75, 3.05) is 13.7 Å². The lowest BCUT2D eigenvalue weighted by atomic mass is 10.1. The Labute approximate surface area is 116 Å². The van der Waals surface area contributed by atoms with Crippen molar-refractivity contribution in [2.24, 2.45) is 5.16 Å². The van der Waals surface area contributed by atoms with Crippen LogP contribution in [0.3, 0.4) is 0 Å². The first-order valence-electron chi connectivity index (χ1n) is 6.40. The fraction of sp³-hybridized carbons (Fsp3) is 0.462. The van der Waals surface area contributed by atoms with Crippen LogP contribution in [0.5, 0.6) is 5.75 Å². The lowest BCUT2D eigenvalue weighted by Crippen LogP contribution is -2.33. The van der Waals surface area contributed by atoms with Crippen LogP contribution in [0.25, 0.3) is 0 Å². The Kier molecular flexibility index (Phi) is 4.39. The number of nitrogens with zero attached hydrogens (tertiary/aromatic N) is 1. The van der Waals surface area contributed by atoms with Crippen LogP contribution in [0, 0.1) is 0 Å². The Hall–Kier alpha value is -2.31. The molecule has 0 aliphatic carbocycles. The molecular weight excluding hydrogens is 262 g/mol. The third kappa shape index (κ3) is 3.17. The largest absolute Gasteiger partial charge is 0.491 e. The van der Waals surface area contributed by atoms with Gasteiger partial charge in [-0.05, 0) is 6.42 Å². The summed E-state index contributed by atoms with van der Waals surface area (Å²) in [6.45, 7) is 2.35. The number of hydrogen-bond donors (Lipinski definition) is 2. The number of amides is 1. The van der Waals surface area contributed by atoms with E-state index in [4.69, 9.17) is 9.57 Å². The first-order valence-corrected chi connectivity index (χ1v) is 6.40. The van der Waals surface area contributed by atoms with Crippen LogP contribution in [0.4, 0.5) is 0 Å². The van der Waals surface area contributed by atoms with Crippen molar-refractivity contribution >= 4 is 11.6 Å². The number of nitrogens with one attached hydrogen (secondary N) is 2. The van der Waals surface area contributed by atoms with Crippen molar-refractivity contribution in [1.29, 1.82) is 0 Å². The highest BCUT2D eigenvalue weighted by atomic mass is 16.6. The summed E-state index contributed by atoms with van der Waals surface area (Å²) in [5.41, 5.74) is 0.831. The number of ether oxygens (including phenoxy) is 1. The molecule has 108 valence electrons. The van der Waals surface area contributed by atoms with Gasteiger partial charge in [0.05, 0.1) is 19.4 Å². The molecule has 1 aromatic heterocycles. The average Bonchev–Trinajstić information content (AvgIpc) is 2.92. The first-order chi connectivity index (χ1) is 9.63. The number of carbonyl (C=O) groups is 1. The molecule has 20 heavy (non-hydrogen) atoms. The molecule has 0 unspecified atom stereocenters. The SMILES string of the molecule is CCC1=NO[C@H](CNC(=O)c2cc(=O)c(OC)c[nH]2)C1. The molecule has 0 saturated carbocycles. The number of pyridine rings is 1. The number of hydrogen-bond acceptors (Lipinski definition) is 5. The summed E-state index contributed by atoms with van der Waals surface area (Å²) in [7, 11) is 1.40. The topological polar surface area (TPSA) is 92.8 Å². The van der Waals surface area contributed by atoms with Gasteiger partial charge in [0.1, 0.15) is 11.8 Å². The number of oxime groups is 1. The molecule has 1 aliphatic heterocycles. The summed E-state index contributed by atoms with van der Waals surface area (Å²) in [5.74, 6) is -0.194. The summed E-state index contributed by atoms with van der Waals surface area (Å²) in [6.07, 6.45) is 2.78. The van der Waals surface area contributed by atoms with Crippen LogP contribution in [0.15, 0.2) is 22.2 Å². The zero-order chi connectivity index (χ0) is 14.5. The Balaban J connectivity index is 1.90. The van der Waals surface area contributed by atoms with Gasteiger partial charge >= 0.3 is 0 Å². The van der Waals surface area contributed by atoms with Crippen LogP contribution < -0.4 is 15.5 Å². The Morgan fingerprint density at radius 2 is 2.45 bits per heavy atom. The Morgan fingerprint density at radius 1 is 1.65 bits per heavy atom. The number of aromatic amines is 1. The first kappa shape index (κ1) is 14.1. The van der Waals surface area contributed by atoms with E-state index in [-0.39, 0.29) is 28.9 Å². The number of methoxy groups -OCH3 is 1. The molecule has 1 amide bonds. The van der Waals surface area contributed by atoms with Gasteiger partial charge in [0.2, 0.25) is 5.43 Å². The summed E-state index contributed by atoms with van der Waals surface area (Å²) in [6, 6.07) is 1.21. The summed E-state index contributed by atoms with van der Waals surface area (Å²) >= 11 is 0. The van der Waals surface area contributed by atoms with E-state index in [1.807, 2.05) is 6.92 Å². The van der Waals surface area contributed by atoms with Gasteiger partial charge in [-0.1, -0.05) is 12.1 Å². The van der Waals surface area contributed by atoms with E-state index in [1.54, 1.807) is 0 Å². The van der Waals surface area contributed by atoms with Crippen LogP contribution in [-0.4, -0.2) is 36.4 Å². The molecule has 0 spiro atoms. The molecular formula is C13H17N3O4. The predicted octanol–water partition coefficient (Wildman–Crippen LogP) is 0.668. The number of rotatable bonds is 5. The minimum Gasteiger partial charge on any atom is -0.491 e. The van der Waals surface area contributed by atoms with Crippen molar-refractivity contribution in [1.82, 2.24) is 10.3 Å². The normalized spacial score (nSPS) is 17.3. The molecule has 0 saturated heterocycles. The molecule has 2 N–H and O–H groups in total. The predicted molar refractivity (Wildman–Crippen MR) is 73.2 cm³/mol. The maximum absolute atomic E-state index is 11.9. The number of H-pyrrole nitrogens is 1. The van der Waals surface area contributed by atoms with Gasteiger partial charge in [-0.3, -0.25) is 9.59 Å². The maximum Gasteiger partial charge on any atom is 0.267 e. The summed E-state index contributed by atoms with van der Waals surface area (Å²) in [5, 5.41) is 6.62. The average molecular weight is 279 g/mol. The fourth-order valence-electron chi connectivity index (χ4n) is 1.86.